The lowest BCUT2D eigenvalue weighted by atomic mass is 9.99. The van der Waals surface area contributed by atoms with Crippen LogP contribution < -0.4 is 0 Å². The highest BCUT2D eigenvalue weighted by Gasteiger charge is 2.54. The maximum atomic E-state index is 12.1. The normalized spacial score (nSPS) is 33.8. The van der Waals surface area contributed by atoms with E-state index in [1.807, 2.05) is 0 Å². The summed E-state index contributed by atoms with van der Waals surface area (Å²) in [6, 6.07) is 0. The smallest absolute Gasteiger partial charge is 0.236 e. The Morgan fingerprint density at radius 1 is 1.36 bits per heavy atom. The van der Waals surface area contributed by atoms with Gasteiger partial charge in [-0.1, -0.05) is 0 Å². The molecule has 66 valence electrons. The van der Waals surface area contributed by atoms with E-state index in [9.17, 15) is 13.2 Å². The zero-order valence-corrected chi connectivity index (χ0v) is 6.07. The minimum absolute atomic E-state index is 0.0312. The number of hydrogen-bond donors (Lipinski definition) is 0. The van der Waals surface area contributed by atoms with Crippen LogP contribution in [0.5, 0.6) is 0 Å². The molecular weight excluding hydrogens is 161 g/mol. The predicted octanol–water partition coefficient (Wildman–Crippen LogP) is 2.05. The van der Waals surface area contributed by atoms with Gasteiger partial charge in [0.2, 0.25) is 0 Å². The summed E-state index contributed by atoms with van der Waals surface area (Å²) in [4.78, 5) is 8.50. The van der Waals surface area contributed by atoms with Crippen molar-refractivity contribution in [3.8, 4) is 0 Å². The maximum Gasteiger partial charge on any atom is 0.420 e. The summed E-state index contributed by atoms with van der Waals surface area (Å²) in [6.45, 7) is 1.23. The number of alkyl halides is 3. The number of halogens is 3. The van der Waals surface area contributed by atoms with Gasteiger partial charge in [-0.25, -0.2) is 9.78 Å². The molecule has 1 aliphatic heterocycles. The molecule has 0 aromatic rings. The summed E-state index contributed by atoms with van der Waals surface area (Å²) in [5.41, 5.74) is -2.11. The van der Waals surface area contributed by atoms with Gasteiger partial charge in [0.25, 0.3) is 0 Å². The van der Waals surface area contributed by atoms with Crippen LogP contribution in [0.15, 0.2) is 0 Å². The molecule has 0 saturated carbocycles. The van der Waals surface area contributed by atoms with Crippen LogP contribution in [0.2, 0.25) is 0 Å². The van der Waals surface area contributed by atoms with Crippen LogP contribution in [0.1, 0.15) is 19.8 Å². The molecule has 0 bridgehead atoms. The van der Waals surface area contributed by atoms with E-state index in [1.165, 1.54) is 0 Å². The van der Waals surface area contributed by atoms with Crippen LogP contribution in [0.25, 0.3) is 0 Å². The Morgan fingerprint density at radius 3 is 2.27 bits per heavy atom. The van der Waals surface area contributed by atoms with Gasteiger partial charge in [-0.3, -0.25) is 0 Å². The summed E-state index contributed by atoms with van der Waals surface area (Å²) in [6.07, 6.45) is -3.99. The van der Waals surface area contributed by atoms with Crippen molar-refractivity contribution in [2.45, 2.75) is 31.5 Å². The standard InChI is InChI=1S/C6H9F3O2/c1-5(6(7,8)9)3-2-4-10-11-5/h2-4H2,1H3. The Hall–Kier alpha value is -0.290. The number of rotatable bonds is 0. The highest BCUT2D eigenvalue weighted by atomic mass is 19.4. The van der Waals surface area contributed by atoms with E-state index in [0.717, 1.165) is 6.92 Å². The molecular formula is C6H9F3O2. The first-order valence-corrected chi connectivity index (χ1v) is 3.33. The second kappa shape index (κ2) is 2.64. The van der Waals surface area contributed by atoms with E-state index in [0.29, 0.717) is 6.42 Å². The largest absolute Gasteiger partial charge is 0.420 e. The average Bonchev–Trinajstić information content (AvgIpc) is 1.87. The minimum atomic E-state index is -4.34. The van der Waals surface area contributed by atoms with E-state index in [1.54, 1.807) is 0 Å². The molecule has 0 aromatic heterocycles. The van der Waals surface area contributed by atoms with Gasteiger partial charge in [0.1, 0.15) is 0 Å². The Bertz CT molecular complexity index is 137. The van der Waals surface area contributed by atoms with Crippen molar-refractivity contribution in [2.75, 3.05) is 6.61 Å². The first-order valence-electron chi connectivity index (χ1n) is 3.33. The Labute approximate surface area is 62.2 Å². The van der Waals surface area contributed by atoms with Crippen LogP contribution in [-0.4, -0.2) is 18.4 Å². The van der Waals surface area contributed by atoms with E-state index < -0.39 is 11.8 Å². The molecule has 0 spiro atoms. The van der Waals surface area contributed by atoms with Crippen molar-refractivity contribution in [3.63, 3.8) is 0 Å². The molecule has 0 aliphatic carbocycles. The highest BCUT2D eigenvalue weighted by molar-refractivity contribution is 4.83. The molecule has 2 nitrogen and oxygen atoms in total. The van der Waals surface area contributed by atoms with E-state index >= 15 is 0 Å². The maximum absolute atomic E-state index is 12.1. The molecule has 0 aromatic carbocycles. The molecule has 1 unspecified atom stereocenters. The third-order valence-corrected chi connectivity index (χ3v) is 1.72. The summed E-state index contributed by atoms with van der Waals surface area (Å²) in [5.74, 6) is 0. The second-order valence-corrected chi connectivity index (χ2v) is 2.74. The van der Waals surface area contributed by atoms with E-state index in [4.69, 9.17) is 0 Å². The van der Waals surface area contributed by atoms with Crippen molar-refractivity contribution in [1.29, 1.82) is 0 Å². The first-order chi connectivity index (χ1) is 4.96. The van der Waals surface area contributed by atoms with E-state index in [-0.39, 0.29) is 13.0 Å². The lowest BCUT2D eigenvalue weighted by Crippen LogP contribution is -2.47. The molecule has 5 heteroatoms. The Balaban J connectivity index is 2.64. The fourth-order valence-corrected chi connectivity index (χ4v) is 0.871. The van der Waals surface area contributed by atoms with Crippen LogP contribution in [-0.2, 0) is 9.78 Å². The van der Waals surface area contributed by atoms with Crippen molar-refractivity contribution >= 4 is 0 Å². The van der Waals surface area contributed by atoms with Gasteiger partial charge in [-0.15, -0.1) is 0 Å². The summed E-state index contributed by atoms with van der Waals surface area (Å²) in [7, 11) is 0. The zero-order chi connectivity index (χ0) is 8.54. The van der Waals surface area contributed by atoms with Crippen LogP contribution in [0.4, 0.5) is 13.2 Å². The molecule has 0 N–H and O–H groups in total. The average molecular weight is 170 g/mol. The molecule has 1 atom stereocenters. The Morgan fingerprint density at radius 2 is 2.00 bits per heavy atom. The third kappa shape index (κ3) is 1.65. The van der Waals surface area contributed by atoms with Crippen LogP contribution in [0.3, 0.4) is 0 Å². The van der Waals surface area contributed by atoms with Crippen LogP contribution in [0, 0.1) is 0 Å². The van der Waals surface area contributed by atoms with Crippen molar-refractivity contribution in [2.24, 2.45) is 0 Å². The summed E-state index contributed by atoms with van der Waals surface area (Å²) >= 11 is 0. The highest BCUT2D eigenvalue weighted by Crippen LogP contribution is 2.38. The molecule has 11 heavy (non-hydrogen) atoms. The van der Waals surface area contributed by atoms with Crippen molar-refractivity contribution < 1.29 is 22.9 Å². The monoisotopic (exact) mass is 170 g/mol. The molecule has 0 amide bonds. The predicted molar refractivity (Wildman–Crippen MR) is 30.7 cm³/mol. The zero-order valence-electron chi connectivity index (χ0n) is 6.07. The fourth-order valence-electron chi connectivity index (χ4n) is 0.871. The van der Waals surface area contributed by atoms with Crippen molar-refractivity contribution in [3.05, 3.63) is 0 Å². The second-order valence-electron chi connectivity index (χ2n) is 2.74. The molecule has 1 aliphatic rings. The van der Waals surface area contributed by atoms with Gasteiger partial charge in [-0.2, -0.15) is 13.2 Å². The molecule has 1 rings (SSSR count). The van der Waals surface area contributed by atoms with Gasteiger partial charge < -0.3 is 0 Å². The minimum Gasteiger partial charge on any atom is -0.236 e. The third-order valence-electron chi connectivity index (χ3n) is 1.72. The first kappa shape index (κ1) is 8.80. The van der Waals surface area contributed by atoms with Gasteiger partial charge in [0, 0.05) is 0 Å². The van der Waals surface area contributed by atoms with Crippen LogP contribution >= 0.6 is 0 Å². The fraction of sp³-hybridized carbons (Fsp3) is 1.00. The quantitative estimate of drug-likeness (QED) is 0.518. The molecule has 1 saturated heterocycles. The van der Waals surface area contributed by atoms with E-state index in [2.05, 4.69) is 9.78 Å². The SMILES string of the molecule is CC1(C(F)(F)F)CCCOO1. The Kier molecular flexibility index (Phi) is 2.11. The summed E-state index contributed by atoms with van der Waals surface area (Å²) < 4.78 is 36.4. The lowest BCUT2D eigenvalue weighted by Gasteiger charge is -2.33. The van der Waals surface area contributed by atoms with Gasteiger partial charge >= 0.3 is 6.18 Å². The molecule has 0 radical (unpaired) electrons. The van der Waals surface area contributed by atoms with Gasteiger partial charge in [0.15, 0.2) is 5.60 Å². The number of hydrogen-bond acceptors (Lipinski definition) is 2. The van der Waals surface area contributed by atoms with Gasteiger partial charge in [0.05, 0.1) is 6.61 Å². The lowest BCUT2D eigenvalue weighted by molar-refractivity contribution is -0.437. The molecule has 1 fully saturated rings. The summed E-state index contributed by atoms with van der Waals surface area (Å²) in [5, 5.41) is 0. The molecule has 1 heterocycles. The topological polar surface area (TPSA) is 18.5 Å². The van der Waals surface area contributed by atoms with Gasteiger partial charge in [-0.05, 0) is 19.8 Å². The van der Waals surface area contributed by atoms with Crippen molar-refractivity contribution in [1.82, 2.24) is 0 Å².